The van der Waals surface area contributed by atoms with Gasteiger partial charge in [-0.1, -0.05) is 18.2 Å². The van der Waals surface area contributed by atoms with Crippen LogP contribution in [-0.2, 0) is 20.9 Å². The summed E-state index contributed by atoms with van der Waals surface area (Å²) < 4.78 is 25.1. The van der Waals surface area contributed by atoms with Crippen LogP contribution in [0.2, 0.25) is 0 Å². The first-order valence-corrected chi connectivity index (χ1v) is 13.1. The zero-order chi connectivity index (χ0) is 25.7. The molecule has 0 radical (unpaired) electrons. The molecule has 1 spiro atoms. The maximum absolute atomic E-state index is 13.2. The normalized spacial score (nSPS) is 24.5. The molecule has 3 aliphatic heterocycles. The van der Waals surface area contributed by atoms with Gasteiger partial charge in [0.15, 0.2) is 12.1 Å². The highest BCUT2D eigenvalue weighted by Gasteiger charge is 2.41. The number of hydrogen-bond acceptors (Lipinski definition) is 6. The van der Waals surface area contributed by atoms with Crippen LogP contribution in [0.4, 0.5) is 4.39 Å². The molecule has 2 fully saturated rings. The maximum Gasteiger partial charge on any atom is 0.267 e. The number of hydrogen-bond donors (Lipinski definition) is 1. The van der Waals surface area contributed by atoms with E-state index < -0.39 is 17.8 Å². The van der Waals surface area contributed by atoms with Gasteiger partial charge >= 0.3 is 0 Å². The Bertz CT molecular complexity index is 1150. The third-order valence-electron chi connectivity index (χ3n) is 7.28. The summed E-state index contributed by atoms with van der Waals surface area (Å²) in [6.45, 7) is 3.11. The van der Waals surface area contributed by atoms with Crippen molar-refractivity contribution >= 4 is 17.8 Å². The van der Waals surface area contributed by atoms with Gasteiger partial charge in [-0.05, 0) is 73.7 Å². The number of fused-ring (bicyclic) bond motifs is 1. The smallest absolute Gasteiger partial charge is 0.267 e. The summed E-state index contributed by atoms with van der Waals surface area (Å²) in [5.74, 6) is 0.0393. The van der Waals surface area contributed by atoms with Crippen molar-refractivity contribution in [1.29, 1.82) is 0 Å². The molecule has 2 saturated heterocycles. The molecule has 1 N–H and O–H groups in total. The second-order valence-corrected chi connectivity index (χ2v) is 10.1. The average molecular weight is 509 g/mol. The van der Waals surface area contributed by atoms with Crippen LogP contribution in [0.1, 0.15) is 66.4 Å². The summed E-state index contributed by atoms with van der Waals surface area (Å²) in [4.78, 5) is 32.9. The summed E-state index contributed by atoms with van der Waals surface area (Å²) in [5.41, 5.74) is 4.26. The molecule has 37 heavy (non-hydrogen) atoms. The Morgan fingerprint density at radius 3 is 2.81 bits per heavy atom. The lowest BCUT2D eigenvalue weighted by atomic mass is 9.84. The lowest BCUT2D eigenvalue weighted by molar-refractivity contribution is -0.198. The molecule has 5 rings (SSSR count). The zero-order valence-corrected chi connectivity index (χ0v) is 20.9. The van der Waals surface area contributed by atoms with Crippen LogP contribution in [0.25, 0.3) is 6.08 Å². The van der Waals surface area contributed by atoms with Crippen molar-refractivity contribution in [3.8, 4) is 5.75 Å². The molecule has 0 bridgehead atoms. The number of benzene rings is 2. The molecule has 3 heterocycles. The van der Waals surface area contributed by atoms with Crippen LogP contribution in [0.5, 0.6) is 5.75 Å². The molecule has 2 aromatic carbocycles. The highest BCUT2D eigenvalue weighted by molar-refractivity contribution is 6.01. The Morgan fingerprint density at radius 1 is 1.14 bits per heavy atom. The minimum absolute atomic E-state index is 0.0608. The number of Topliss-reactive ketones (excluding diaryl/α,β-unsaturated/α-hetero) is 1. The Hall–Kier alpha value is -3.07. The first-order chi connectivity index (χ1) is 18.0. The summed E-state index contributed by atoms with van der Waals surface area (Å²) >= 11 is 0. The summed E-state index contributed by atoms with van der Waals surface area (Å²) in [5, 5.41) is 0. The van der Waals surface area contributed by atoms with Crippen molar-refractivity contribution in [2.24, 2.45) is 0 Å². The minimum Gasteiger partial charge on any atom is -0.486 e. The van der Waals surface area contributed by atoms with Gasteiger partial charge in [-0.3, -0.25) is 14.5 Å². The van der Waals surface area contributed by atoms with Gasteiger partial charge in [0, 0.05) is 38.6 Å². The van der Waals surface area contributed by atoms with Gasteiger partial charge < -0.3 is 9.47 Å². The standard InChI is InChI=1S/C29H33FN2O5/c30-23-9-5-22(6-10-23)20-32-15-3-13-29(14-16-32)19-25(33)24-18-21(7-11-26(24)36-29)8-12-27(34)31-37-28-4-1-2-17-35-28/h5-12,18,28H,1-4,13-17,19-20H2,(H,31,34). The molecule has 7 nitrogen and oxygen atoms in total. The number of halogens is 1. The third-order valence-corrected chi connectivity index (χ3v) is 7.28. The lowest BCUT2D eigenvalue weighted by Gasteiger charge is -2.37. The second-order valence-electron chi connectivity index (χ2n) is 10.1. The predicted octanol–water partition coefficient (Wildman–Crippen LogP) is 4.80. The van der Waals surface area contributed by atoms with Gasteiger partial charge in [0.1, 0.15) is 17.2 Å². The Kier molecular flexibility index (Phi) is 7.98. The number of ether oxygens (including phenoxy) is 2. The molecule has 1 amide bonds. The first kappa shape index (κ1) is 25.6. The zero-order valence-electron chi connectivity index (χ0n) is 20.9. The number of rotatable bonds is 6. The van der Waals surface area contributed by atoms with E-state index in [1.807, 2.05) is 24.3 Å². The Labute approximate surface area is 216 Å². The lowest BCUT2D eigenvalue weighted by Crippen LogP contribution is -2.42. The predicted molar refractivity (Wildman–Crippen MR) is 136 cm³/mol. The summed E-state index contributed by atoms with van der Waals surface area (Å²) in [6, 6.07) is 12.1. The van der Waals surface area contributed by atoms with Crippen LogP contribution in [-0.4, -0.2) is 48.2 Å². The van der Waals surface area contributed by atoms with E-state index >= 15 is 0 Å². The van der Waals surface area contributed by atoms with Crippen molar-refractivity contribution in [3.05, 3.63) is 71.0 Å². The number of nitrogens with zero attached hydrogens (tertiary/aromatic N) is 1. The molecule has 2 aromatic rings. The fraction of sp³-hybridized carbons (Fsp3) is 0.448. The Balaban J connectivity index is 1.18. The molecule has 8 heteroatoms. The number of nitrogens with one attached hydrogen (secondary N) is 1. The topological polar surface area (TPSA) is 77.1 Å². The van der Waals surface area contributed by atoms with E-state index in [9.17, 15) is 14.0 Å². The maximum atomic E-state index is 13.2. The number of carbonyl (C=O) groups is 2. The molecule has 2 unspecified atom stereocenters. The van der Waals surface area contributed by atoms with E-state index in [4.69, 9.17) is 14.3 Å². The van der Waals surface area contributed by atoms with Crippen LogP contribution in [0.15, 0.2) is 48.5 Å². The molecule has 0 aliphatic carbocycles. The van der Waals surface area contributed by atoms with Gasteiger partial charge in [0.05, 0.1) is 12.0 Å². The van der Waals surface area contributed by atoms with Crippen LogP contribution in [0, 0.1) is 5.82 Å². The number of ketones is 1. The molecule has 0 saturated carbocycles. The number of carbonyl (C=O) groups excluding carboxylic acids is 2. The fourth-order valence-corrected chi connectivity index (χ4v) is 5.26. The second kappa shape index (κ2) is 11.5. The van der Waals surface area contributed by atoms with Gasteiger partial charge in [0.25, 0.3) is 5.91 Å². The van der Waals surface area contributed by atoms with E-state index in [2.05, 4.69) is 10.4 Å². The van der Waals surface area contributed by atoms with E-state index in [0.717, 1.165) is 69.3 Å². The molecule has 196 valence electrons. The van der Waals surface area contributed by atoms with E-state index in [-0.39, 0.29) is 11.6 Å². The molecule has 2 atom stereocenters. The summed E-state index contributed by atoms with van der Waals surface area (Å²) in [7, 11) is 0. The molecule has 3 aliphatic rings. The molecule has 0 aromatic heterocycles. The fourth-order valence-electron chi connectivity index (χ4n) is 5.26. The SMILES string of the molecule is O=C(C=Cc1ccc2c(c1)C(=O)CC1(CCCN(Cc3ccc(F)cc3)CC1)O2)NOC1CCCCO1. The first-order valence-electron chi connectivity index (χ1n) is 13.1. The highest BCUT2D eigenvalue weighted by Crippen LogP contribution is 2.40. The minimum atomic E-state index is -0.503. The number of hydroxylamine groups is 1. The Morgan fingerprint density at radius 2 is 2.00 bits per heavy atom. The van der Waals surface area contributed by atoms with Crippen molar-refractivity contribution in [1.82, 2.24) is 10.4 Å². The van der Waals surface area contributed by atoms with Crippen LogP contribution < -0.4 is 10.2 Å². The van der Waals surface area contributed by atoms with Gasteiger partial charge in [0.2, 0.25) is 0 Å². The van der Waals surface area contributed by atoms with Gasteiger partial charge in [-0.15, -0.1) is 0 Å². The highest BCUT2D eigenvalue weighted by atomic mass is 19.1. The number of likely N-dealkylation sites (tertiary alicyclic amines) is 1. The van der Waals surface area contributed by atoms with Gasteiger partial charge in [-0.2, -0.15) is 0 Å². The van der Waals surface area contributed by atoms with E-state index in [0.29, 0.717) is 24.3 Å². The van der Waals surface area contributed by atoms with Crippen LogP contribution >= 0.6 is 0 Å². The van der Waals surface area contributed by atoms with Crippen molar-refractivity contribution in [2.45, 2.75) is 63.4 Å². The third kappa shape index (κ3) is 6.63. The van der Waals surface area contributed by atoms with Crippen molar-refractivity contribution in [3.63, 3.8) is 0 Å². The monoisotopic (exact) mass is 508 g/mol. The number of amides is 1. The molecular weight excluding hydrogens is 475 g/mol. The van der Waals surface area contributed by atoms with Gasteiger partial charge in [-0.25, -0.2) is 14.7 Å². The van der Waals surface area contributed by atoms with E-state index in [1.165, 1.54) is 18.2 Å². The van der Waals surface area contributed by atoms with Crippen molar-refractivity contribution in [2.75, 3.05) is 19.7 Å². The van der Waals surface area contributed by atoms with Crippen molar-refractivity contribution < 1.29 is 28.3 Å². The quantitative estimate of drug-likeness (QED) is 0.446. The summed E-state index contributed by atoms with van der Waals surface area (Å²) in [6.07, 6.45) is 8.22. The largest absolute Gasteiger partial charge is 0.486 e. The van der Waals surface area contributed by atoms with Crippen LogP contribution in [0.3, 0.4) is 0 Å². The van der Waals surface area contributed by atoms with E-state index in [1.54, 1.807) is 12.1 Å². The average Bonchev–Trinajstić information content (AvgIpc) is 3.10. The molecular formula is C29H33FN2O5.